The van der Waals surface area contributed by atoms with Crippen molar-refractivity contribution >= 4 is 9.84 Å². The Morgan fingerprint density at radius 2 is 1.62 bits per heavy atom. The topological polar surface area (TPSA) is 54.4 Å². The molecule has 2 unspecified atom stereocenters. The van der Waals surface area contributed by atoms with Crippen molar-refractivity contribution in [2.24, 2.45) is 0 Å². The van der Waals surface area contributed by atoms with E-state index in [4.69, 9.17) is 0 Å². The summed E-state index contributed by atoms with van der Waals surface area (Å²) in [5.74, 6) is 0.458. The Labute approximate surface area is 127 Å². The first-order chi connectivity index (χ1) is 9.83. The Bertz CT molecular complexity index is 596. The largest absolute Gasteiger partial charge is 0.385 e. The fraction of sp³-hybridized carbons (Fsp3) is 0.647. The Morgan fingerprint density at radius 3 is 2.10 bits per heavy atom. The number of hydrogen-bond donors (Lipinski definition) is 1. The van der Waals surface area contributed by atoms with Crippen LogP contribution in [0.4, 0.5) is 0 Å². The Morgan fingerprint density at radius 1 is 1.10 bits per heavy atom. The van der Waals surface area contributed by atoms with Crippen molar-refractivity contribution in [3.05, 3.63) is 35.4 Å². The molecule has 1 aromatic rings. The number of benzene rings is 1. The van der Waals surface area contributed by atoms with Gasteiger partial charge in [-0.15, -0.1) is 0 Å². The zero-order chi connectivity index (χ0) is 15.3. The van der Waals surface area contributed by atoms with Gasteiger partial charge in [0.05, 0.1) is 16.1 Å². The number of sulfone groups is 1. The normalized spacial score (nSPS) is 34.9. The van der Waals surface area contributed by atoms with E-state index in [9.17, 15) is 13.5 Å². The lowest BCUT2D eigenvalue weighted by molar-refractivity contribution is 0.00499. The first-order valence-electron chi connectivity index (χ1n) is 7.88. The maximum absolute atomic E-state index is 12.3. The molecule has 0 aromatic heterocycles. The Kier molecular flexibility index (Phi) is 3.65. The first-order valence-corrected chi connectivity index (χ1v) is 9.49. The van der Waals surface area contributed by atoms with E-state index < -0.39 is 15.4 Å². The first kappa shape index (κ1) is 15.0. The van der Waals surface area contributed by atoms with Crippen LogP contribution in [0.15, 0.2) is 24.3 Å². The van der Waals surface area contributed by atoms with Crippen molar-refractivity contribution in [2.75, 3.05) is 0 Å². The van der Waals surface area contributed by atoms with Crippen molar-refractivity contribution in [3.63, 3.8) is 0 Å². The van der Waals surface area contributed by atoms with E-state index in [1.54, 1.807) is 0 Å². The molecule has 0 saturated carbocycles. The van der Waals surface area contributed by atoms with Gasteiger partial charge in [-0.05, 0) is 42.7 Å². The molecule has 0 amide bonds. The van der Waals surface area contributed by atoms with Gasteiger partial charge in [0, 0.05) is 0 Å². The maximum Gasteiger partial charge on any atom is 0.156 e. The minimum Gasteiger partial charge on any atom is -0.385 e. The van der Waals surface area contributed by atoms with Crippen LogP contribution < -0.4 is 0 Å². The van der Waals surface area contributed by atoms with E-state index in [1.807, 2.05) is 12.1 Å². The highest BCUT2D eigenvalue weighted by Crippen LogP contribution is 2.46. The summed E-state index contributed by atoms with van der Waals surface area (Å²) in [5, 5.41) is 10.3. The van der Waals surface area contributed by atoms with Crippen molar-refractivity contribution in [3.8, 4) is 0 Å². The van der Waals surface area contributed by atoms with Crippen molar-refractivity contribution in [1.29, 1.82) is 0 Å². The molecule has 116 valence electrons. The number of rotatable bonds is 2. The third-order valence-electron chi connectivity index (χ3n) is 5.23. The average Bonchev–Trinajstić information content (AvgIpc) is 2.41. The molecule has 1 N–H and O–H groups in total. The molecular formula is C17H24O3S. The molecule has 21 heavy (non-hydrogen) atoms. The van der Waals surface area contributed by atoms with E-state index in [0.717, 1.165) is 12.0 Å². The van der Waals surface area contributed by atoms with Gasteiger partial charge in [-0.2, -0.15) is 0 Å². The second-order valence-corrected chi connectivity index (χ2v) is 9.49. The summed E-state index contributed by atoms with van der Waals surface area (Å²) in [5.41, 5.74) is 1.14. The lowest BCUT2D eigenvalue weighted by atomic mass is 9.80. The van der Waals surface area contributed by atoms with Crippen LogP contribution in [0, 0.1) is 0 Å². The van der Waals surface area contributed by atoms with Crippen LogP contribution >= 0.6 is 0 Å². The second-order valence-electron chi connectivity index (χ2n) is 6.98. The minimum atomic E-state index is -3.03. The molecule has 4 heteroatoms. The highest BCUT2D eigenvalue weighted by molar-refractivity contribution is 7.92. The van der Waals surface area contributed by atoms with Crippen LogP contribution in [0.5, 0.6) is 0 Å². The lowest BCUT2D eigenvalue weighted by Gasteiger charge is -2.44. The summed E-state index contributed by atoms with van der Waals surface area (Å²) in [7, 11) is -3.03. The van der Waals surface area contributed by atoms with Crippen molar-refractivity contribution in [2.45, 2.75) is 68.0 Å². The SMILES string of the molecule is CC(C)c1ccc(C2(O)CC3CCCC(C2)S3(=O)=O)cc1. The third-order valence-corrected chi connectivity index (χ3v) is 7.89. The van der Waals surface area contributed by atoms with E-state index >= 15 is 0 Å². The molecule has 2 atom stereocenters. The molecule has 0 radical (unpaired) electrons. The van der Waals surface area contributed by atoms with Crippen LogP contribution in [0.2, 0.25) is 0 Å². The lowest BCUT2D eigenvalue weighted by Crippen LogP contribution is -2.50. The van der Waals surface area contributed by atoms with Crippen LogP contribution in [-0.4, -0.2) is 24.0 Å². The van der Waals surface area contributed by atoms with Gasteiger partial charge in [0.2, 0.25) is 0 Å². The molecule has 2 aliphatic heterocycles. The summed E-state index contributed by atoms with van der Waals surface area (Å²) in [4.78, 5) is 0. The molecular weight excluding hydrogens is 284 g/mol. The monoisotopic (exact) mass is 308 g/mol. The molecule has 1 aromatic carbocycles. The molecule has 2 fully saturated rings. The Balaban J connectivity index is 1.91. The summed E-state index contributed by atoms with van der Waals surface area (Å²) >= 11 is 0. The highest BCUT2D eigenvalue weighted by Gasteiger charge is 2.50. The predicted octanol–water partition coefficient (Wildman–Crippen LogP) is 3.13. The Hall–Kier alpha value is -0.870. The number of hydrogen-bond acceptors (Lipinski definition) is 3. The van der Waals surface area contributed by atoms with Crippen LogP contribution in [-0.2, 0) is 15.4 Å². The summed E-state index contributed by atoms with van der Waals surface area (Å²) in [6, 6.07) is 8.06. The van der Waals surface area contributed by atoms with Gasteiger partial charge in [-0.3, -0.25) is 0 Å². The number of aliphatic hydroxyl groups is 1. The smallest absolute Gasteiger partial charge is 0.156 e. The van der Waals surface area contributed by atoms with E-state index in [-0.39, 0.29) is 10.5 Å². The molecule has 0 spiro atoms. The van der Waals surface area contributed by atoms with Crippen molar-refractivity contribution in [1.82, 2.24) is 0 Å². The predicted molar refractivity (Wildman–Crippen MR) is 84.0 cm³/mol. The molecule has 2 bridgehead atoms. The van der Waals surface area contributed by atoms with Crippen LogP contribution in [0.3, 0.4) is 0 Å². The maximum atomic E-state index is 12.3. The zero-order valence-electron chi connectivity index (χ0n) is 12.7. The van der Waals surface area contributed by atoms with Crippen LogP contribution in [0.1, 0.15) is 63.0 Å². The summed E-state index contributed by atoms with van der Waals surface area (Å²) in [6.45, 7) is 4.28. The van der Waals surface area contributed by atoms with Gasteiger partial charge in [-0.1, -0.05) is 44.5 Å². The van der Waals surface area contributed by atoms with Gasteiger partial charge in [0.15, 0.2) is 9.84 Å². The summed E-state index contributed by atoms with van der Waals surface area (Å²) < 4.78 is 24.7. The van der Waals surface area contributed by atoms with Gasteiger partial charge >= 0.3 is 0 Å². The molecule has 2 saturated heterocycles. The average molecular weight is 308 g/mol. The molecule has 3 nitrogen and oxygen atoms in total. The second kappa shape index (κ2) is 5.10. The summed E-state index contributed by atoms with van der Waals surface area (Å²) in [6.07, 6.45) is 3.08. The molecule has 3 rings (SSSR count). The quantitative estimate of drug-likeness (QED) is 0.913. The standard InChI is InChI=1S/C17H24O3S/c1-12(2)13-6-8-14(9-7-13)17(18)10-15-4-3-5-16(11-17)21(15,19)20/h6-9,12,15-16,18H,3-5,10-11H2,1-2H3. The zero-order valence-corrected chi connectivity index (χ0v) is 13.6. The fourth-order valence-corrected chi connectivity index (χ4v) is 6.41. The molecule has 2 heterocycles. The van der Waals surface area contributed by atoms with E-state index in [2.05, 4.69) is 26.0 Å². The van der Waals surface area contributed by atoms with Gasteiger partial charge < -0.3 is 5.11 Å². The highest BCUT2D eigenvalue weighted by atomic mass is 32.2. The van der Waals surface area contributed by atoms with Gasteiger partial charge in [0.25, 0.3) is 0 Å². The van der Waals surface area contributed by atoms with Crippen molar-refractivity contribution < 1.29 is 13.5 Å². The minimum absolute atomic E-state index is 0.354. The number of fused-ring (bicyclic) bond motifs is 2. The van der Waals surface area contributed by atoms with Gasteiger partial charge in [-0.25, -0.2) is 8.42 Å². The van der Waals surface area contributed by atoms with E-state index in [0.29, 0.717) is 31.6 Å². The molecule has 0 aliphatic carbocycles. The van der Waals surface area contributed by atoms with Crippen LogP contribution in [0.25, 0.3) is 0 Å². The van der Waals surface area contributed by atoms with Gasteiger partial charge in [0.1, 0.15) is 0 Å². The molecule has 2 aliphatic rings. The third kappa shape index (κ3) is 2.53. The van der Waals surface area contributed by atoms with E-state index in [1.165, 1.54) is 5.56 Å². The fourth-order valence-electron chi connectivity index (χ4n) is 3.86.